The maximum absolute atomic E-state index is 15.1. The van der Waals surface area contributed by atoms with Gasteiger partial charge in [0.1, 0.15) is 11.6 Å². The molecule has 3 heterocycles. The Kier molecular flexibility index (Phi) is 6.21. The van der Waals surface area contributed by atoms with Crippen LogP contribution < -0.4 is 15.2 Å². The Labute approximate surface area is 182 Å². The second kappa shape index (κ2) is 9.23. The van der Waals surface area contributed by atoms with E-state index in [0.717, 1.165) is 42.4 Å². The Morgan fingerprint density at radius 2 is 2.03 bits per heavy atom. The van der Waals surface area contributed by atoms with E-state index in [0.29, 0.717) is 36.2 Å². The first-order valence-corrected chi connectivity index (χ1v) is 11.6. The molecule has 2 fully saturated rings. The summed E-state index contributed by atoms with van der Waals surface area (Å²) in [6.45, 7) is 4.55. The van der Waals surface area contributed by atoms with Crippen LogP contribution in [0.2, 0.25) is 0 Å². The molecule has 1 atom stereocenters. The minimum Gasteiger partial charge on any atom is -0.492 e. The van der Waals surface area contributed by atoms with E-state index in [1.165, 1.54) is 31.7 Å². The second-order valence-electron chi connectivity index (χ2n) is 8.83. The lowest BCUT2D eigenvalue weighted by molar-refractivity contribution is -0.140. The number of fused-ring (bicyclic) bond motifs is 4. The van der Waals surface area contributed by atoms with E-state index in [2.05, 4.69) is 4.90 Å². The summed E-state index contributed by atoms with van der Waals surface area (Å²) >= 11 is 0. The van der Waals surface area contributed by atoms with Crippen LogP contribution in [0.25, 0.3) is 11.6 Å². The SMILES string of the molecule is O=C1C=C2CC(OCCN3CCCCCC3)OCC2=c2c(F)cc3c(c2C1)OCCC=3. The van der Waals surface area contributed by atoms with Crippen LogP contribution in [-0.2, 0) is 20.7 Å². The highest BCUT2D eigenvalue weighted by atomic mass is 19.1. The van der Waals surface area contributed by atoms with Crippen LogP contribution in [0.1, 0.15) is 44.1 Å². The molecule has 0 N–H and O–H groups in total. The molecule has 1 aromatic rings. The van der Waals surface area contributed by atoms with Crippen molar-refractivity contribution in [1.82, 2.24) is 4.90 Å². The van der Waals surface area contributed by atoms with Crippen LogP contribution in [0.3, 0.4) is 0 Å². The van der Waals surface area contributed by atoms with Gasteiger partial charge in [0, 0.05) is 41.8 Å². The quantitative estimate of drug-likeness (QED) is 0.738. The minimum atomic E-state index is -0.401. The summed E-state index contributed by atoms with van der Waals surface area (Å²) in [6, 6.07) is 1.53. The Morgan fingerprint density at radius 3 is 2.87 bits per heavy atom. The van der Waals surface area contributed by atoms with Crippen molar-refractivity contribution >= 4 is 17.4 Å². The van der Waals surface area contributed by atoms with Crippen molar-refractivity contribution in [3.8, 4) is 5.75 Å². The summed E-state index contributed by atoms with van der Waals surface area (Å²) in [5, 5.41) is 1.22. The third kappa shape index (κ3) is 4.47. The number of benzene rings is 1. The number of carbonyl (C=O) groups is 1. The molecule has 4 aliphatic rings. The molecule has 2 saturated heterocycles. The van der Waals surface area contributed by atoms with Crippen molar-refractivity contribution in [3.63, 3.8) is 0 Å². The summed E-state index contributed by atoms with van der Waals surface area (Å²) in [6.07, 6.45) is 9.72. The molecule has 0 spiro atoms. The molecule has 6 heteroatoms. The number of carbonyl (C=O) groups excluding carboxylic acids is 1. The molecule has 0 aromatic heterocycles. The monoisotopic (exact) mass is 427 g/mol. The van der Waals surface area contributed by atoms with Crippen LogP contribution in [0.5, 0.6) is 5.75 Å². The molecule has 5 rings (SSSR count). The number of nitrogens with zero attached hydrogens (tertiary/aromatic N) is 1. The molecule has 5 nitrogen and oxygen atoms in total. The van der Waals surface area contributed by atoms with Crippen molar-refractivity contribution < 1.29 is 23.4 Å². The van der Waals surface area contributed by atoms with Gasteiger partial charge >= 0.3 is 0 Å². The van der Waals surface area contributed by atoms with Gasteiger partial charge in [0.05, 0.1) is 19.8 Å². The first kappa shape index (κ1) is 20.9. The molecule has 0 saturated carbocycles. The average molecular weight is 428 g/mol. The fourth-order valence-corrected chi connectivity index (χ4v) is 5.11. The fraction of sp³-hybridized carbons (Fsp3) is 0.560. The molecule has 31 heavy (non-hydrogen) atoms. The van der Waals surface area contributed by atoms with E-state index in [-0.39, 0.29) is 24.6 Å². The van der Waals surface area contributed by atoms with Gasteiger partial charge in [-0.2, -0.15) is 0 Å². The van der Waals surface area contributed by atoms with Crippen molar-refractivity contribution in [1.29, 1.82) is 0 Å². The lowest BCUT2D eigenvalue weighted by Gasteiger charge is -2.28. The molecule has 0 radical (unpaired) electrons. The van der Waals surface area contributed by atoms with Gasteiger partial charge in [0.15, 0.2) is 12.1 Å². The zero-order valence-corrected chi connectivity index (χ0v) is 18.0. The van der Waals surface area contributed by atoms with E-state index < -0.39 is 6.29 Å². The number of halogens is 1. The zero-order valence-electron chi connectivity index (χ0n) is 18.0. The van der Waals surface area contributed by atoms with E-state index in [4.69, 9.17) is 14.2 Å². The van der Waals surface area contributed by atoms with Crippen LogP contribution in [-0.4, -0.2) is 56.4 Å². The lowest BCUT2D eigenvalue weighted by atomic mass is 9.96. The van der Waals surface area contributed by atoms with E-state index >= 15 is 4.39 Å². The van der Waals surface area contributed by atoms with Gasteiger partial charge in [-0.3, -0.25) is 4.79 Å². The van der Waals surface area contributed by atoms with Gasteiger partial charge in [-0.25, -0.2) is 4.39 Å². The number of rotatable bonds is 4. The first-order chi connectivity index (χ1) is 15.2. The maximum Gasteiger partial charge on any atom is 0.162 e. The highest BCUT2D eigenvalue weighted by molar-refractivity contribution is 5.96. The summed E-state index contributed by atoms with van der Waals surface area (Å²) in [4.78, 5) is 15.1. The number of hydrogen-bond donors (Lipinski definition) is 0. The Balaban J connectivity index is 1.35. The number of ether oxygens (including phenoxy) is 3. The molecule has 0 bridgehead atoms. The second-order valence-corrected chi connectivity index (χ2v) is 8.83. The Hall–Kier alpha value is -2.02. The Bertz CT molecular complexity index is 1010. The zero-order chi connectivity index (χ0) is 21.2. The number of hydrogen-bond acceptors (Lipinski definition) is 5. The third-order valence-electron chi connectivity index (χ3n) is 6.67. The molecule has 1 aromatic carbocycles. The van der Waals surface area contributed by atoms with Gasteiger partial charge in [-0.1, -0.05) is 18.9 Å². The van der Waals surface area contributed by atoms with E-state index in [9.17, 15) is 4.79 Å². The summed E-state index contributed by atoms with van der Waals surface area (Å²) in [5.41, 5.74) is 2.23. The van der Waals surface area contributed by atoms with Gasteiger partial charge < -0.3 is 19.1 Å². The normalized spacial score (nSPS) is 24.0. The third-order valence-corrected chi connectivity index (χ3v) is 6.67. The molecular formula is C25H30FNO4. The van der Waals surface area contributed by atoms with Crippen molar-refractivity contribution in [3.05, 3.63) is 39.5 Å². The van der Waals surface area contributed by atoms with E-state index in [1.807, 2.05) is 6.08 Å². The van der Waals surface area contributed by atoms with Crippen molar-refractivity contribution in [2.75, 3.05) is 39.5 Å². The number of ketones is 1. The predicted molar refractivity (Wildman–Crippen MR) is 116 cm³/mol. The Morgan fingerprint density at radius 1 is 1.19 bits per heavy atom. The largest absolute Gasteiger partial charge is 0.492 e. The number of allylic oxidation sites excluding steroid dienone is 1. The van der Waals surface area contributed by atoms with Crippen molar-refractivity contribution in [2.24, 2.45) is 0 Å². The molecule has 0 amide bonds. The fourth-order valence-electron chi connectivity index (χ4n) is 5.11. The van der Waals surface area contributed by atoms with Crippen LogP contribution in [0.4, 0.5) is 4.39 Å². The molecule has 1 unspecified atom stereocenters. The van der Waals surface area contributed by atoms with Gasteiger partial charge in [0.2, 0.25) is 0 Å². The minimum absolute atomic E-state index is 0.0292. The van der Waals surface area contributed by atoms with Crippen molar-refractivity contribution in [2.45, 2.75) is 51.2 Å². The topological polar surface area (TPSA) is 48.0 Å². The summed E-state index contributed by atoms with van der Waals surface area (Å²) in [5.74, 6) is 0.308. The summed E-state index contributed by atoms with van der Waals surface area (Å²) < 4.78 is 33.0. The summed E-state index contributed by atoms with van der Waals surface area (Å²) in [7, 11) is 0. The van der Waals surface area contributed by atoms with Gasteiger partial charge in [-0.15, -0.1) is 0 Å². The van der Waals surface area contributed by atoms with Crippen LogP contribution >= 0.6 is 0 Å². The van der Waals surface area contributed by atoms with Gasteiger partial charge in [0.25, 0.3) is 0 Å². The number of likely N-dealkylation sites (tertiary alicyclic amines) is 1. The van der Waals surface area contributed by atoms with Gasteiger partial charge in [-0.05, 0) is 49.2 Å². The molecule has 166 valence electrons. The first-order valence-electron chi connectivity index (χ1n) is 11.6. The predicted octanol–water partition coefficient (Wildman–Crippen LogP) is 2.23. The average Bonchev–Trinajstić information content (AvgIpc) is 3.11. The smallest absolute Gasteiger partial charge is 0.162 e. The molecular weight excluding hydrogens is 397 g/mol. The lowest BCUT2D eigenvalue weighted by Crippen LogP contribution is -2.34. The standard InChI is InChI=1S/C25H30FNO4/c26-22-13-17-6-5-10-30-25(17)20-15-19(28)12-18-14-23(31-16-21(18)24(20)22)29-11-9-27-7-3-1-2-4-8-27/h6,12-13,23H,1-5,7-11,14-16H2. The molecule has 1 aliphatic carbocycles. The van der Waals surface area contributed by atoms with E-state index in [1.54, 1.807) is 6.08 Å². The highest BCUT2D eigenvalue weighted by Crippen LogP contribution is 2.29. The highest BCUT2D eigenvalue weighted by Gasteiger charge is 2.29. The van der Waals surface area contributed by atoms with Crippen LogP contribution in [0, 0.1) is 5.82 Å². The maximum atomic E-state index is 15.1. The van der Waals surface area contributed by atoms with Crippen LogP contribution in [0.15, 0.2) is 17.7 Å². The molecule has 3 aliphatic heterocycles.